The molecule has 3 aromatic carbocycles. The molecule has 156 valence electrons. The molecule has 0 fully saturated rings. The molecule has 3 aromatic rings. The molecule has 1 aliphatic carbocycles. The van der Waals surface area contributed by atoms with Crippen molar-refractivity contribution in [1.29, 1.82) is 0 Å². The molecule has 0 aromatic heterocycles. The summed E-state index contributed by atoms with van der Waals surface area (Å²) in [4.78, 5) is 0. The highest BCUT2D eigenvalue weighted by Gasteiger charge is 2.06. The van der Waals surface area contributed by atoms with Crippen LogP contribution in [0.3, 0.4) is 0 Å². The van der Waals surface area contributed by atoms with E-state index in [0.717, 1.165) is 13.1 Å². The van der Waals surface area contributed by atoms with Crippen LogP contribution in [0.1, 0.15) is 56.1 Å². The Hall–Kier alpha value is -2.74. The summed E-state index contributed by atoms with van der Waals surface area (Å²) >= 11 is 0. The number of hydrogen-bond acceptors (Lipinski definition) is 2. The Morgan fingerprint density at radius 1 is 0.633 bits per heavy atom. The quantitative estimate of drug-likeness (QED) is 0.324. The molecule has 2 nitrogen and oxygen atoms in total. The summed E-state index contributed by atoms with van der Waals surface area (Å²) in [5.74, 6) is 0. The van der Waals surface area contributed by atoms with Crippen molar-refractivity contribution in [3.05, 3.63) is 77.9 Å². The number of nitrogens with one attached hydrogen (secondary N) is 2. The van der Waals surface area contributed by atoms with Crippen LogP contribution in [0.15, 0.2) is 66.7 Å². The molecular formula is C28H34N2. The molecule has 0 amide bonds. The van der Waals surface area contributed by atoms with Gasteiger partial charge in [-0.3, -0.25) is 0 Å². The number of hydrogen-bond donors (Lipinski definition) is 2. The van der Waals surface area contributed by atoms with E-state index in [-0.39, 0.29) is 0 Å². The van der Waals surface area contributed by atoms with Gasteiger partial charge in [0, 0.05) is 24.5 Å². The van der Waals surface area contributed by atoms with E-state index in [1.54, 1.807) is 0 Å². The maximum Gasteiger partial charge on any atom is 0.0346 e. The van der Waals surface area contributed by atoms with Crippen LogP contribution < -0.4 is 10.6 Å². The van der Waals surface area contributed by atoms with Crippen molar-refractivity contribution in [2.24, 2.45) is 0 Å². The summed E-state index contributed by atoms with van der Waals surface area (Å²) in [5.41, 5.74) is 5.36. The van der Waals surface area contributed by atoms with E-state index in [1.165, 1.54) is 84.6 Å². The molecule has 2 N–H and O–H groups in total. The number of para-hydroxylation sites is 1. The molecular weight excluding hydrogens is 364 g/mol. The first-order chi connectivity index (χ1) is 14.9. The van der Waals surface area contributed by atoms with E-state index < -0.39 is 0 Å². The van der Waals surface area contributed by atoms with Crippen molar-refractivity contribution in [2.45, 2.75) is 51.4 Å². The average Bonchev–Trinajstić information content (AvgIpc) is 2.79. The molecule has 4 rings (SSSR count). The van der Waals surface area contributed by atoms with Crippen LogP contribution in [0.2, 0.25) is 0 Å². The lowest BCUT2D eigenvalue weighted by molar-refractivity contribution is 0.610. The summed E-state index contributed by atoms with van der Waals surface area (Å²) in [6, 6.07) is 22.0. The minimum atomic E-state index is 1.06. The van der Waals surface area contributed by atoms with Crippen LogP contribution in [-0.4, -0.2) is 13.1 Å². The van der Waals surface area contributed by atoms with Gasteiger partial charge in [-0.25, -0.2) is 0 Å². The number of fused-ring (bicyclic) bond motifs is 2. The van der Waals surface area contributed by atoms with E-state index in [0.29, 0.717) is 0 Å². The Morgan fingerprint density at radius 3 is 2.17 bits per heavy atom. The van der Waals surface area contributed by atoms with Gasteiger partial charge in [-0.05, 0) is 77.9 Å². The van der Waals surface area contributed by atoms with Crippen molar-refractivity contribution >= 4 is 28.2 Å². The number of unbranched alkanes of at least 4 members (excludes halogenated alkanes) is 5. The van der Waals surface area contributed by atoms with Crippen molar-refractivity contribution in [2.75, 3.05) is 23.7 Å². The lowest BCUT2D eigenvalue weighted by Gasteiger charge is -2.13. The van der Waals surface area contributed by atoms with E-state index in [2.05, 4.69) is 83.4 Å². The predicted molar refractivity (Wildman–Crippen MR) is 132 cm³/mol. The van der Waals surface area contributed by atoms with E-state index in [4.69, 9.17) is 0 Å². The molecule has 0 saturated heterocycles. The van der Waals surface area contributed by atoms with Gasteiger partial charge >= 0.3 is 0 Å². The summed E-state index contributed by atoms with van der Waals surface area (Å²) in [7, 11) is 0. The Bertz CT molecular complexity index is 959. The van der Waals surface area contributed by atoms with Crippen LogP contribution >= 0.6 is 0 Å². The fraction of sp³-hybridized carbons (Fsp3) is 0.357. The van der Waals surface area contributed by atoms with Gasteiger partial charge in [0.2, 0.25) is 0 Å². The third-order valence-electron chi connectivity index (χ3n) is 6.01. The Balaban J connectivity index is 1.10. The zero-order valence-electron chi connectivity index (χ0n) is 18.0. The lowest BCUT2D eigenvalue weighted by Crippen LogP contribution is -2.02. The third kappa shape index (κ3) is 5.89. The van der Waals surface area contributed by atoms with Crippen molar-refractivity contribution in [3.8, 4) is 0 Å². The fourth-order valence-corrected chi connectivity index (χ4v) is 4.27. The first-order valence-electron chi connectivity index (χ1n) is 11.6. The van der Waals surface area contributed by atoms with Gasteiger partial charge in [0.25, 0.3) is 0 Å². The molecule has 0 spiro atoms. The minimum Gasteiger partial charge on any atom is -0.385 e. The van der Waals surface area contributed by atoms with Gasteiger partial charge in [0.15, 0.2) is 0 Å². The monoisotopic (exact) mass is 398 g/mol. The van der Waals surface area contributed by atoms with Crippen LogP contribution in [0.4, 0.5) is 11.4 Å². The zero-order valence-corrected chi connectivity index (χ0v) is 18.0. The predicted octanol–water partition coefficient (Wildman–Crippen LogP) is 7.66. The Kier molecular flexibility index (Phi) is 7.44. The molecule has 30 heavy (non-hydrogen) atoms. The SMILES string of the molecule is C1=Cc2cc3ccc(NCCCCCCCCNc4ccccc4)cc3cc2CC1. The zero-order chi connectivity index (χ0) is 20.4. The molecule has 0 bridgehead atoms. The molecule has 0 aliphatic heterocycles. The molecule has 0 atom stereocenters. The van der Waals surface area contributed by atoms with Crippen LogP contribution in [0.25, 0.3) is 16.8 Å². The average molecular weight is 399 g/mol. The highest BCUT2D eigenvalue weighted by Crippen LogP contribution is 2.27. The Morgan fingerprint density at radius 2 is 1.37 bits per heavy atom. The number of anilines is 2. The second-order valence-corrected chi connectivity index (χ2v) is 8.39. The smallest absolute Gasteiger partial charge is 0.0346 e. The maximum absolute atomic E-state index is 3.62. The van der Waals surface area contributed by atoms with Gasteiger partial charge in [-0.15, -0.1) is 0 Å². The lowest BCUT2D eigenvalue weighted by atomic mass is 9.94. The number of aryl methyl sites for hydroxylation is 1. The van der Waals surface area contributed by atoms with Gasteiger partial charge in [0.1, 0.15) is 0 Å². The van der Waals surface area contributed by atoms with E-state index in [1.807, 2.05) is 0 Å². The van der Waals surface area contributed by atoms with Crippen LogP contribution in [-0.2, 0) is 6.42 Å². The van der Waals surface area contributed by atoms with Crippen LogP contribution in [0.5, 0.6) is 0 Å². The first-order valence-corrected chi connectivity index (χ1v) is 11.6. The van der Waals surface area contributed by atoms with Crippen molar-refractivity contribution in [1.82, 2.24) is 0 Å². The largest absolute Gasteiger partial charge is 0.385 e. The molecule has 0 unspecified atom stereocenters. The van der Waals surface area contributed by atoms with E-state index >= 15 is 0 Å². The summed E-state index contributed by atoms with van der Waals surface area (Å²) in [6.45, 7) is 2.14. The fourth-order valence-electron chi connectivity index (χ4n) is 4.27. The highest BCUT2D eigenvalue weighted by molar-refractivity contribution is 5.89. The van der Waals surface area contributed by atoms with Gasteiger partial charge in [-0.2, -0.15) is 0 Å². The van der Waals surface area contributed by atoms with Gasteiger partial charge < -0.3 is 10.6 Å². The first kappa shape index (κ1) is 20.5. The standard InChI is InChI=1S/C28H34N2/c1(3-10-18-29-27-14-6-5-7-15-27)2-4-11-19-30-28-17-16-25-20-23-12-8-9-13-24(23)21-26(25)22-28/h5-8,12,14-17,20-22,29-30H,1-4,9-11,13,18-19H2. The maximum atomic E-state index is 3.62. The molecule has 0 heterocycles. The molecule has 2 heteroatoms. The summed E-state index contributed by atoms with van der Waals surface area (Å²) < 4.78 is 0. The van der Waals surface area contributed by atoms with Crippen molar-refractivity contribution < 1.29 is 0 Å². The van der Waals surface area contributed by atoms with Crippen molar-refractivity contribution in [3.63, 3.8) is 0 Å². The molecule has 0 radical (unpaired) electrons. The highest BCUT2D eigenvalue weighted by atomic mass is 14.9. The topological polar surface area (TPSA) is 24.1 Å². The van der Waals surface area contributed by atoms with Gasteiger partial charge in [0.05, 0.1) is 0 Å². The van der Waals surface area contributed by atoms with Gasteiger partial charge in [-0.1, -0.05) is 68.2 Å². The normalized spacial score (nSPS) is 12.7. The number of allylic oxidation sites excluding steroid dienone is 1. The third-order valence-corrected chi connectivity index (χ3v) is 6.01. The minimum absolute atomic E-state index is 1.06. The van der Waals surface area contributed by atoms with E-state index in [9.17, 15) is 0 Å². The molecule has 0 saturated carbocycles. The second-order valence-electron chi connectivity index (χ2n) is 8.39. The molecule has 1 aliphatic rings. The number of rotatable bonds is 11. The second kappa shape index (κ2) is 10.9. The summed E-state index contributed by atoms with van der Waals surface area (Å²) in [5, 5.41) is 9.81. The van der Waals surface area contributed by atoms with Crippen LogP contribution in [0, 0.1) is 0 Å². The summed E-state index contributed by atoms with van der Waals surface area (Å²) in [6.07, 6.45) is 14.7. The Labute approximate surface area is 181 Å². The number of benzene rings is 3.